The normalized spacial score (nSPS) is 8.33. The summed E-state index contributed by atoms with van der Waals surface area (Å²) >= 11 is 0. The zero-order valence-electron chi connectivity index (χ0n) is 8.21. The Hall–Kier alpha value is -2.17. The predicted octanol–water partition coefficient (Wildman–Crippen LogP) is 2.33. The van der Waals surface area contributed by atoms with Crippen LogP contribution >= 0.6 is 0 Å². The van der Waals surface area contributed by atoms with Crippen LogP contribution in [0.1, 0.15) is 12.5 Å². The Labute approximate surface area is 86.8 Å². The second kappa shape index (κ2) is 6.31. The van der Waals surface area contributed by atoms with Crippen LogP contribution in [0.2, 0.25) is 0 Å². The van der Waals surface area contributed by atoms with Gasteiger partial charge in [0.25, 0.3) is 11.7 Å². The lowest BCUT2D eigenvalue weighted by Gasteiger charge is -1.91. The van der Waals surface area contributed by atoms with E-state index in [2.05, 4.69) is 6.58 Å². The quantitative estimate of drug-likeness (QED) is 0.598. The summed E-state index contributed by atoms with van der Waals surface area (Å²) in [5.74, 6) is -0.833. The summed E-state index contributed by atoms with van der Waals surface area (Å²) in [6.07, 6.45) is 1.64. The van der Waals surface area contributed by atoms with E-state index in [1.807, 2.05) is 0 Å². The van der Waals surface area contributed by atoms with Crippen LogP contribution in [0.4, 0.5) is 5.69 Å². The molecule has 0 unspecified atom stereocenters. The van der Waals surface area contributed by atoms with Crippen molar-refractivity contribution in [1.82, 2.24) is 0 Å². The molecule has 0 aliphatic heterocycles. The van der Waals surface area contributed by atoms with Gasteiger partial charge < -0.3 is 5.11 Å². The maximum atomic E-state index is 10.2. The number of benzene rings is 1. The van der Waals surface area contributed by atoms with Crippen molar-refractivity contribution in [3.63, 3.8) is 0 Å². The molecule has 0 bridgehead atoms. The van der Waals surface area contributed by atoms with Crippen LogP contribution in [0.5, 0.6) is 0 Å². The van der Waals surface area contributed by atoms with E-state index in [1.165, 1.54) is 12.1 Å². The molecule has 0 saturated heterocycles. The molecule has 0 spiro atoms. The fourth-order valence-corrected chi connectivity index (χ4v) is 0.732. The first-order valence-electron chi connectivity index (χ1n) is 4.03. The molecule has 5 heteroatoms. The summed E-state index contributed by atoms with van der Waals surface area (Å²) in [4.78, 5) is 18.8. The van der Waals surface area contributed by atoms with Gasteiger partial charge in [0.2, 0.25) is 0 Å². The highest BCUT2D eigenvalue weighted by Gasteiger charge is 2.01. The second-order valence-electron chi connectivity index (χ2n) is 2.57. The maximum Gasteiger partial charge on any atom is 0.300 e. The number of nitro groups is 1. The van der Waals surface area contributed by atoms with Gasteiger partial charge in [-0.1, -0.05) is 12.7 Å². The number of carboxylic acids is 1. The zero-order chi connectivity index (χ0) is 11.8. The first kappa shape index (κ1) is 12.8. The minimum atomic E-state index is -0.833. The van der Waals surface area contributed by atoms with Crippen molar-refractivity contribution in [2.75, 3.05) is 0 Å². The number of carboxylic acid groups (broad SMARTS) is 1. The Kier molecular flexibility index (Phi) is 5.40. The third kappa shape index (κ3) is 5.98. The SMILES string of the molecule is C=Cc1ccc([N+](=O)[O-])cc1.CC(=O)O. The molecule has 15 heavy (non-hydrogen) atoms. The Morgan fingerprint density at radius 3 is 2.13 bits per heavy atom. The summed E-state index contributed by atoms with van der Waals surface area (Å²) in [6, 6.07) is 6.23. The molecule has 1 N–H and O–H groups in total. The lowest BCUT2D eigenvalue weighted by molar-refractivity contribution is -0.384. The Morgan fingerprint density at radius 1 is 1.47 bits per heavy atom. The van der Waals surface area contributed by atoms with Crippen LogP contribution in [0.25, 0.3) is 6.08 Å². The van der Waals surface area contributed by atoms with E-state index in [4.69, 9.17) is 9.90 Å². The van der Waals surface area contributed by atoms with Crippen LogP contribution < -0.4 is 0 Å². The van der Waals surface area contributed by atoms with Crippen molar-refractivity contribution in [2.45, 2.75) is 6.92 Å². The van der Waals surface area contributed by atoms with Crippen molar-refractivity contribution >= 4 is 17.7 Å². The van der Waals surface area contributed by atoms with Crippen LogP contribution in [0, 0.1) is 10.1 Å². The average Bonchev–Trinajstić information content (AvgIpc) is 2.17. The van der Waals surface area contributed by atoms with Gasteiger partial charge in [-0.3, -0.25) is 14.9 Å². The van der Waals surface area contributed by atoms with E-state index in [0.717, 1.165) is 12.5 Å². The molecule has 1 aromatic rings. The first-order chi connectivity index (χ1) is 6.97. The van der Waals surface area contributed by atoms with E-state index >= 15 is 0 Å². The molecule has 5 nitrogen and oxygen atoms in total. The third-order valence-corrected chi connectivity index (χ3v) is 1.34. The van der Waals surface area contributed by atoms with Crippen LogP contribution in [-0.4, -0.2) is 16.0 Å². The van der Waals surface area contributed by atoms with Crippen LogP contribution in [0.3, 0.4) is 0 Å². The van der Waals surface area contributed by atoms with E-state index in [1.54, 1.807) is 18.2 Å². The van der Waals surface area contributed by atoms with Gasteiger partial charge >= 0.3 is 0 Å². The molecule has 0 heterocycles. The summed E-state index contributed by atoms with van der Waals surface area (Å²) in [5.41, 5.74) is 0.992. The first-order valence-corrected chi connectivity index (χ1v) is 4.03. The number of nitrogens with zero attached hydrogens (tertiary/aromatic N) is 1. The average molecular weight is 209 g/mol. The van der Waals surface area contributed by atoms with E-state index in [0.29, 0.717) is 0 Å². The lowest BCUT2D eigenvalue weighted by Crippen LogP contribution is -1.86. The van der Waals surface area contributed by atoms with E-state index in [9.17, 15) is 10.1 Å². The zero-order valence-corrected chi connectivity index (χ0v) is 8.21. The Balaban J connectivity index is 0.000000423. The molecular weight excluding hydrogens is 198 g/mol. The largest absolute Gasteiger partial charge is 0.481 e. The van der Waals surface area contributed by atoms with Crippen molar-refractivity contribution in [2.24, 2.45) is 0 Å². The molecule has 0 amide bonds. The smallest absolute Gasteiger partial charge is 0.300 e. The minimum absolute atomic E-state index is 0.107. The summed E-state index contributed by atoms with van der Waals surface area (Å²) in [6.45, 7) is 4.62. The molecular formula is C10H11NO4. The van der Waals surface area contributed by atoms with E-state index in [-0.39, 0.29) is 5.69 Å². The van der Waals surface area contributed by atoms with Gasteiger partial charge in [-0.2, -0.15) is 0 Å². The second-order valence-corrected chi connectivity index (χ2v) is 2.57. The molecule has 0 saturated carbocycles. The highest BCUT2D eigenvalue weighted by molar-refractivity contribution is 5.62. The summed E-state index contributed by atoms with van der Waals surface area (Å²) < 4.78 is 0. The van der Waals surface area contributed by atoms with Crippen molar-refractivity contribution in [3.05, 3.63) is 46.5 Å². The van der Waals surface area contributed by atoms with Gasteiger partial charge in [0.1, 0.15) is 0 Å². The summed E-state index contributed by atoms with van der Waals surface area (Å²) in [7, 11) is 0. The highest BCUT2D eigenvalue weighted by atomic mass is 16.6. The summed E-state index contributed by atoms with van der Waals surface area (Å²) in [5, 5.41) is 17.6. The fraction of sp³-hybridized carbons (Fsp3) is 0.100. The number of hydrogen-bond acceptors (Lipinski definition) is 3. The number of rotatable bonds is 2. The van der Waals surface area contributed by atoms with Gasteiger partial charge in [0.05, 0.1) is 4.92 Å². The van der Waals surface area contributed by atoms with Gasteiger partial charge in [-0.05, 0) is 17.7 Å². The number of non-ortho nitro benzene ring substituents is 1. The van der Waals surface area contributed by atoms with E-state index < -0.39 is 10.9 Å². The Bertz CT molecular complexity index is 352. The standard InChI is InChI=1S/C8H7NO2.C2H4O2/c1-2-7-3-5-8(6-4-7)9(10)11;1-2(3)4/h2-6H,1H2;1H3,(H,3,4). The molecule has 1 aromatic carbocycles. The van der Waals surface area contributed by atoms with Crippen molar-refractivity contribution in [1.29, 1.82) is 0 Å². The molecule has 1 rings (SSSR count). The molecule has 0 aliphatic rings. The minimum Gasteiger partial charge on any atom is -0.481 e. The third-order valence-electron chi connectivity index (χ3n) is 1.34. The number of carbonyl (C=O) groups is 1. The predicted molar refractivity (Wildman–Crippen MR) is 56.5 cm³/mol. The van der Waals surface area contributed by atoms with Gasteiger partial charge in [0, 0.05) is 19.1 Å². The number of hydrogen-bond donors (Lipinski definition) is 1. The van der Waals surface area contributed by atoms with Crippen LogP contribution in [-0.2, 0) is 4.79 Å². The molecule has 0 radical (unpaired) electrons. The Morgan fingerprint density at radius 2 is 1.87 bits per heavy atom. The monoisotopic (exact) mass is 209 g/mol. The molecule has 0 aromatic heterocycles. The maximum absolute atomic E-state index is 10.2. The van der Waals surface area contributed by atoms with Crippen LogP contribution in [0.15, 0.2) is 30.8 Å². The van der Waals surface area contributed by atoms with Crippen molar-refractivity contribution < 1.29 is 14.8 Å². The topological polar surface area (TPSA) is 80.4 Å². The molecule has 80 valence electrons. The fourth-order valence-electron chi connectivity index (χ4n) is 0.732. The lowest BCUT2D eigenvalue weighted by atomic mass is 10.2. The molecule has 0 aliphatic carbocycles. The van der Waals surface area contributed by atoms with Crippen molar-refractivity contribution in [3.8, 4) is 0 Å². The molecule has 0 atom stereocenters. The number of nitro benzene ring substituents is 1. The van der Waals surface area contributed by atoms with Gasteiger partial charge in [0.15, 0.2) is 0 Å². The molecule has 0 fully saturated rings. The number of aliphatic carboxylic acids is 1. The van der Waals surface area contributed by atoms with Gasteiger partial charge in [-0.25, -0.2) is 0 Å². The van der Waals surface area contributed by atoms with Gasteiger partial charge in [-0.15, -0.1) is 0 Å². The highest BCUT2D eigenvalue weighted by Crippen LogP contribution is 2.11.